The summed E-state index contributed by atoms with van der Waals surface area (Å²) >= 11 is 0. The van der Waals surface area contributed by atoms with Crippen molar-refractivity contribution in [1.29, 1.82) is 5.26 Å². The molecule has 2 aliphatic carbocycles. The maximum atomic E-state index is 9.52. The second-order valence-electron chi connectivity index (χ2n) is 5.84. The third-order valence-electron chi connectivity index (χ3n) is 4.20. The van der Waals surface area contributed by atoms with Crippen molar-refractivity contribution in [3.05, 3.63) is 0 Å². The summed E-state index contributed by atoms with van der Waals surface area (Å²) < 4.78 is 0. The first-order chi connectivity index (χ1) is 8.19. The minimum absolute atomic E-state index is 0.230. The van der Waals surface area contributed by atoms with Crippen molar-refractivity contribution in [2.75, 3.05) is 13.6 Å². The van der Waals surface area contributed by atoms with Gasteiger partial charge in [-0.05, 0) is 58.5 Å². The van der Waals surface area contributed by atoms with Crippen LogP contribution in [0.4, 0.5) is 0 Å². The van der Waals surface area contributed by atoms with Gasteiger partial charge >= 0.3 is 0 Å². The van der Waals surface area contributed by atoms with E-state index in [2.05, 4.69) is 30.3 Å². The molecule has 0 saturated heterocycles. The second kappa shape index (κ2) is 5.37. The van der Waals surface area contributed by atoms with Gasteiger partial charge in [-0.3, -0.25) is 5.32 Å². The Labute approximate surface area is 105 Å². The van der Waals surface area contributed by atoms with E-state index in [9.17, 15) is 5.26 Å². The average molecular weight is 235 g/mol. The van der Waals surface area contributed by atoms with E-state index in [1.54, 1.807) is 0 Å². The first-order valence-corrected chi connectivity index (χ1v) is 7.08. The van der Waals surface area contributed by atoms with Crippen molar-refractivity contribution in [2.45, 2.75) is 69.5 Å². The van der Waals surface area contributed by atoms with E-state index in [-0.39, 0.29) is 5.54 Å². The van der Waals surface area contributed by atoms with Gasteiger partial charge in [0.1, 0.15) is 5.54 Å². The Hall–Kier alpha value is -0.590. The summed E-state index contributed by atoms with van der Waals surface area (Å²) in [6.07, 6.45) is 8.21. The number of hydrogen-bond donors (Lipinski definition) is 1. The Balaban J connectivity index is 1.96. The van der Waals surface area contributed by atoms with Crippen LogP contribution in [0.25, 0.3) is 0 Å². The predicted octanol–water partition coefficient (Wildman–Crippen LogP) is 2.29. The third kappa shape index (κ3) is 3.20. The van der Waals surface area contributed by atoms with Crippen LogP contribution in [0, 0.1) is 11.3 Å². The van der Waals surface area contributed by atoms with Gasteiger partial charge in [0.15, 0.2) is 0 Å². The maximum Gasteiger partial charge on any atom is 0.108 e. The number of rotatable bonds is 5. The van der Waals surface area contributed by atoms with Crippen LogP contribution in [-0.4, -0.2) is 36.1 Å². The molecule has 0 amide bonds. The molecule has 3 nitrogen and oxygen atoms in total. The fourth-order valence-corrected chi connectivity index (χ4v) is 3.04. The van der Waals surface area contributed by atoms with Gasteiger partial charge in [0, 0.05) is 12.1 Å². The quantitative estimate of drug-likeness (QED) is 0.794. The highest BCUT2D eigenvalue weighted by atomic mass is 15.1. The normalized spacial score (nSPS) is 33.6. The number of nitrogens with one attached hydrogen (secondary N) is 1. The first kappa shape index (κ1) is 12.9. The zero-order valence-corrected chi connectivity index (χ0v) is 11.2. The van der Waals surface area contributed by atoms with E-state index < -0.39 is 0 Å². The second-order valence-corrected chi connectivity index (χ2v) is 5.84. The largest absolute Gasteiger partial charge is 0.303 e. The molecule has 2 aliphatic rings. The number of nitrogens with zero attached hydrogens (tertiary/aromatic N) is 2. The number of nitriles is 1. The van der Waals surface area contributed by atoms with Crippen molar-refractivity contribution in [3.8, 4) is 6.07 Å². The van der Waals surface area contributed by atoms with Gasteiger partial charge in [0.05, 0.1) is 6.07 Å². The molecule has 17 heavy (non-hydrogen) atoms. The molecule has 0 aromatic carbocycles. The SMILES string of the molecule is CCCN(C)C1CCCC(C#N)(NC2CC2)C1. The van der Waals surface area contributed by atoms with E-state index in [0.29, 0.717) is 12.1 Å². The zero-order valence-electron chi connectivity index (χ0n) is 11.2. The molecular weight excluding hydrogens is 210 g/mol. The monoisotopic (exact) mass is 235 g/mol. The van der Waals surface area contributed by atoms with Gasteiger partial charge in [-0.2, -0.15) is 5.26 Å². The fraction of sp³-hybridized carbons (Fsp3) is 0.929. The molecule has 0 spiro atoms. The van der Waals surface area contributed by atoms with Crippen LogP contribution < -0.4 is 5.32 Å². The summed E-state index contributed by atoms with van der Waals surface area (Å²) in [7, 11) is 2.21. The van der Waals surface area contributed by atoms with E-state index in [1.165, 1.54) is 32.1 Å². The molecule has 0 aliphatic heterocycles. The van der Waals surface area contributed by atoms with Crippen molar-refractivity contribution in [1.82, 2.24) is 10.2 Å². The molecule has 1 N–H and O–H groups in total. The highest BCUT2D eigenvalue weighted by molar-refractivity contribution is 5.13. The topological polar surface area (TPSA) is 39.1 Å². The Morgan fingerprint density at radius 2 is 2.18 bits per heavy atom. The Morgan fingerprint density at radius 3 is 2.76 bits per heavy atom. The highest BCUT2D eigenvalue weighted by Crippen LogP contribution is 2.34. The van der Waals surface area contributed by atoms with E-state index in [4.69, 9.17) is 0 Å². The van der Waals surface area contributed by atoms with Gasteiger partial charge in [-0.1, -0.05) is 6.92 Å². The van der Waals surface area contributed by atoms with Crippen molar-refractivity contribution >= 4 is 0 Å². The van der Waals surface area contributed by atoms with Gasteiger partial charge in [-0.15, -0.1) is 0 Å². The Bertz CT molecular complexity index is 292. The van der Waals surface area contributed by atoms with Crippen LogP contribution in [0.3, 0.4) is 0 Å². The highest BCUT2D eigenvalue weighted by Gasteiger charge is 2.41. The molecule has 2 fully saturated rings. The van der Waals surface area contributed by atoms with Crippen molar-refractivity contribution in [2.24, 2.45) is 0 Å². The minimum Gasteiger partial charge on any atom is -0.303 e. The molecule has 2 saturated carbocycles. The van der Waals surface area contributed by atoms with Gasteiger partial charge in [-0.25, -0.2) is 0 Å². The van der Waals surface area contributed by atoms with Crippen molar-refractivity contribution < 1.29 is 0 Å². The lowest BCUT2D eigenvalue weighted by molar-refractivity contribution is 0.143. The summed E-state index contributed by atoms with van der Waals surface area (Å²) in [6.45, 7) is 3.37. The summed E-state index contributed by atoms with van der Waals surface area (Å²) in [5.74, 6) is 0. The zero-order chi connectivity index (χ0) is 12.3. The van der Waals surface area contributed by atoms with Crippen LogP contribution >= 0.6 is 0 Å². The Morgan fingerprint density at radius 1 is 1.41 bits per heavy atom. The standard InChI is InChI=1S/C14H25N3/c1-3-9-17(2)13-5-4-8-14(10-13,11-15)16-12-6-7-12/h12-13,16H,3-10H2,1-2H3. The molecule has 0 radical (unpaired) electrons. The Kier molecular flexibility index (Phi) is 4.06. The maximum absolute atomic E-state index is 9.52. The average Bonchev–Trinajstić information content (AvgIpc) is 3.13. The minimum atomic E-state index is -0.230. The summed E-state index contributed by atoms with van der Waals surface area (Å²) in [5.41, 5.74) is -0.230. The summed E-state index contributed by atoms with van der Waals surface area (Å²) in [6, 6.07) is 3.80. The summed E-state index contributed by atoms with van der Waals surface area (Å²) in [4.78, 5) is 2.44. The summed E-state index contributed by atoms with van der Waals surface area (Å²) in [5, 5.41) is 13.1. The smallest absolute Gasteiger partial charge is 0.108 e. The lowest BCUT2D eigenvalue weighted by atomic mass is 9.79. The van der Waals surface area contributed by atoms with Crippen LogP contribution in [0.15, 0.2) is 0 Å². The van der Waals surface area contributed by atoms with Gasteiger partial charge in [0.25, 0.3) is 0 Å². The molecular formula is C14H25N3. The molecule has 2 unspecified atom stereocenters. The number of hydrogen-bond acceptors (Lipinski definition) is 3. The van der Waals surface area contributed by atoms with Crippen LogP contribution in [-0.2, 0) is 0 Å². The third-order valence-corrected chi connectivity index (χ3v) is 4.20. The van der Waals surface area contributed by atoms with E-state index in [1.807, 2.05) is 0 Å². The predicted molar refractivity (Wildman–Crippen MR) is 69.7 cm³/mol. The van der Waals surface area contributed by atoms with E-state index >= 15 is 0 Å². The molecule has 0 aromatic rings. The molecule has 0 aromatic heterocycles. The first-order valence-electron chi connectivity index (χ1n) is 7.08. The molecule has 0 bridgehead atoms. The molecule has 96 valence electrons. The lowest BCUT2D eigenvalue weighted by Gasteiger charge is -2.40. The fourth-order valence-electron chi connectivity index (χ4n) is 3.04. The molecule has 2 atom stereocenters. The van der Waals surface area contributed by atoms with E-state index in [0.717, 1.165) is 19.4 Å². The molecule has 2 rings (SSSR count). The van der Waals surface area contributed by atoms with Gasteiger partial charge < -0.3 is 4.90 Å². The molecule has 3 heteroatoms. The van der Waals surface area contributed by atoms with Crippen LogP contribution in [0.5, 0.6) is 0 Å². The lowest BCUT2D eigenvalue weighted by Crippen LogP contribution is -2.53. The van der Waals surface area contributed by atoms with Crippen LogP contribution in [0.1, 0.15) is 51.9 Å². The van der Waals surface area contributed by atoms with Gasteiger partial charge in [0.2, 0.25) is 0 Å². The van der Waals surface area contributed by atoms with Crippen molar-refractivity contribution in [3.63, 3.8) is 0 Å². The van der Waals surface area contributed by atoms with Crippen LogP contribution in [0.2, 0.25) is 0 Å². The molecule has 0 heterocycles.